The molecule has 2 N–H and O–H groups in total. The third kappa shape index (κ3) is 1.72. The Morgan fingerprint density at radius 1 is 1.10 bits per heavy atom. The molecular formula is C14H15N3O3. The van der Waals surface area contributed by atoms with Crippen molar-refractivity contribution in [3.05, 3.63) is 35.9 Å². The first kappa shape index (κ1) is 12.8. The van der Waals surface area contributed by atoms with E-state index in [0.717, 1.165) is 5.56 Å². The van der Waals surface area contributed by atoms with E-state index in [1.807, 2.05) is 42.3 Å². The molecule has 0 aliphatic carbocycles. The molecule has 1 aromatic carbocycles. The fourth-order valence-electron chi connectivity index (χ4n) is 3.17. The summed E-state index contributed by atoms with van der Waals surface area (Å²) in [5.41, 5.74) is -0.305. The van der Waals surface area contributed by atoms with Gasteiger partial charge in [0.25, 0.3) is 0 Å². The van der Waals surface area contributed by atoms with Crippen molar-refractivity contribution < 1.29 is 14.4 Å². The number of benzene rings is 1. The molecule has 0 radical (unpaired) electrons. The Kier molecular flexibility index (Phi) is 2.83. The average Bonchev–Trinajstić information content (AvgIpc) is 2.76. The lowest BCUT2D eigenvalue weighted by molar-refractivity contribution is -0.144. The summed E-state index contributed by atoms with van der Waals surface area (Å²) in [7, 11) is 1.86. The van der Waals surface area contributed by atoms with Gasteiger partial charge in [-0.05, 0) is 12.6 Å². The maximum Gasteiger partial charge on any atom is 0.328 e. The van der Waals surface area contributed by atoms with Crippen LogP contribution in [0.15, 0.2) is 30.3 Å². The highest BCUT2D eigenvalue weighted by Gasteiger charge is 2.59. The van der Waals surface area contributed by atoms with Crippen LogP contribution in [0.2, 0.25) is 0 Å². The van der Waals surface area contributed by atoms with E-state index in [4.69, 9.17) is 0 Å². The molecule has 4 amide bonds. The quantitative estimate of drug-likeness (QED) is 0.710. The second-order valence-electron chi connectivity index (χ2n) is 5.37. The Labute approximate surface area is 116 Å². The van der Waals surface area contributed by atoms with Crippen molar-refractivity contribution >= 4 is 17.8 Å². The van der Waals surface area contributed by atoms with Gasteiger partial charge in [-0.3, -0.25) is 20.2 Å². The van der Waals surface area contributed by atoms with Gasteiger partial charge in [0.05, 0.1) is 0 Å². The van der Waals surface area contributed by atoms with Crippen LogP contribution in [0.5, 0.6) is 0 Å². The number of hydrogen-bond donors (Lipinski definition) is 2. The van der Waals surface area contributed by atoms with Crippen LogP contribution in [0.3, 0.4) is 0 Å². The fraction of sp³-hybridized carbons (Fsp3) is 0.357. The zero-order valence-corrected chi connectivity index (χ0v) is 11.1. The van der Waals surface area contributed by atoms with Crippen LogP contribution < -0.4 is 10.6 Å². The van der Waals surface area contributed by atoms with Gasteiger partial charge in [0, 0.05) is 19.0 Å². The van der Waals surface area contributed by atoms with E-state index in [1.165, 1.54) is 0 Å². The highest BCUT2D eigenvalue weighted by molar-refractivity contribution is 6.20. The molecule has 0 bridgehead atoms. The van der Waals surface area contributed by atoms with Gasteiger partial charge in [0.1, 0.15) is 5.41 Å². The lowest BCUT2D eigenvalue weighted by atomic mass is 9.72. The molecule has 1 unspecified atom stereocenters. The lowest BCUT2D eigenvalue weighted by Gasteiger charge is -2.34. The number of imide groups is 2. The number of amides is 4. The maximum atomic E-state index is 12.3. The minimum absolute atomic E-state index is 0.262. The number of hydrogen-bond acceptors (Lipinski definition) is 4. The average molecular weight is 273 g/mol. The minimum Gasteiger partial charge on any atom is -0.304 e. The second-order valence-corrected chi connectivity index (χ2v) is 5.37. The number of carbonyl (C=O) groups is 3. The van der Waals surface area contributed by atoms with E-state index in [1.54, 1.807) is 0 Å². The van der Waals surface area contributed by atoms with Crippen LogP contribution in [-0.4, -0.2) is 42.9 Å². The van der Waals surface area contributed by atoms with Gasteiger partial charge in [-0.25, -0.2) is 4.79 Å². The molecule has 2 aliphatic rings. The Bertz CT molecular complexity index is 565. The maximum absolute atomic E-state index is 12.3. The highest BCUT2D eigenvalue weighted by Crippen LogP contribution is 2.43. The number of nitrogens with zero attached hydrogens (tertiary/aromatic N) is 1. The van der Waals surface area contributed by atoms with Gasteiger partial charge in [0.2, 0.25) is 11.8 Å². The minimum atomic E-state index is -1.23. The summed E-state index contributed by atoms with van der Waals surface area (Å²) < 4.78 is 0. The molecule has 2 fully saturated rings. The summed E-state index contributed by atoms with van der Waals surface area (Å²) in [6, 6.07) is 8.72. The number of nitrogens with one attached hydrogen (secondary N) is 2. The van der Waals surface area contributed by atoms with Gasteiger partial charge in [0.15, 0.2) is 0 Å². The first-order valence-electron chi connectivity index (χ1n) is 6.44. The van der Waals surface area contributed by atoms with Crippen LogP contribution in [0, 0.1) is 5.41 Å². The van der Waals surface area contributed by atoms with Crippen LogP contribution in [0.25, 0.3) is 0 Å². The highest BCUT2D eigenvalue weighted by atomic mass is 16.2. The molecule has 0 aromatic heterocycles. The zero-order valence-electron chi connectivity index (χ0n) is 11.1. The molecular weight excluding hydrogens is 258 g/mol. The monoisotopic (exact) mass is 273 g/mol. The van der Waals surface area contributed by atoms with Crippen LogP contribution in [-0.2, 0) is 9.59 Å². The first-order valence-corrected chi connectivity index (χ1v) is 6.44. The third-order valence-electron chi connectivity index (χ3n) is 4.07. The summed E-state index contributed by atoms with van der Waals surface area (Å²) >= 11 is 0. The molecule has 1 atom stereocenters. The van der Waals surface area contributed by atoms with E-state index >= 15 is 0 Å². The summed E-state index contributed by atoms with van der Waals surface area (Å²) in [6.07, 6.45) is 0. The molecule has 6 heteroatoms. The smallest absolute Gasteiger partial charge is 0.304 e. The molecule has 1 spiro atoms. The largest absolute Gasteiger partial charge is 0.328 e. The first-order chi connectivity index (χ1) is 9.54. The molecule has 3 rings (SSSR count). The number of urea groups is 1. The molecule has 104 valence electrons. The van der Waals surface area contributed by atoms with E-state index in [-0.39, 0.29) is 5.92 Å². The number of rotatable bonds is 1. The fourth-order valence-corrected chi connectivity index (χ4v) is 3.17. The van der Waals surface area contributed by atoms with Gasteiger partial charge < -0.3 is 4.90 Å². The Balaban J connectivity index is 2.07. The molecule has 2 heterocycles. The number of barbiturate groups is 1. The molecule has 2 saturated heterocycles. The van der Waals surface area contributed by atoms with Gasteiger partial charge in [-0.2, -0.15) is 0 Å². The number of carbonyl (C=O) groups excluding carboxylic acids is 3. The van der Waals surface area contributed by atoms with Crippen molar-refractivity contribution in [2.24, 2.45) is 5.41 Å². The molecule has 2 aliphatic heterocycles. The second kappa shape index (κ2) is 4.42. The SMILES string of the molecule is CN1CC(c2ccccc2)C2(C1)C(=O)NC(=O)NC2=O. The number of likely N-dealkylation sites (N-methyl/N-ethyl adjacent to an activating group) is 1. The molecule has 0 saturated carbocycles. The standard InChI is InChI=1S/C14H15N3O3/c1-17-7-10(9-5-3-2-4-6-9)14(8-17)11(18)15-13(20)16-12(14)19/h2-6,10H,7-8H2,1H3,(H2,15,16,18,19,20). The van der Waals surface area contributed by atoms with Gasteiger partial charge in [-0.15, -0.1) is 0 Å². The van der Waals surface area contributed by atoms with Crippen molar-refractivity contribution in [3.63, 3.8) is 0 Å². The van der Waals surface area contributed by atoms with Crippen molar-refractivity contribution in [3.8, 4) is 0 Å². The van der Waals surface area contributed by atoms with Crippen molar-refractivity contribution in [2.45, 2.75) is 5.92 Å². The van der Waals surface area contributed by atoms with Gasteiger partial charge in [-0.1, -0.05) is 30.3 Å². The summed E-state index contributed by atoms with van der Waals surface area (Å²) in [5, 5.41) is 4.45. The Hall–Kier alpha value is -2.21. The van der Waals surface area contributed by atoms with Crippen molar-refractivity contribution in [1.82, 2.24) is 15.5 Å². The Morgan fingerprint density at radius 3 is 2.30 bits per heavy atom. The topological polar surface area (TPSA) is 78.5 Å². The van der Waals surface area contributed by atoms with E-state index in [0.29, 0.717) is 13.1 Å². The van der Waals surface area contributed by atoms with Crippen LogP contribution in [0.1, 0.15) is 11.5 Å². The molecule has 6 nitrogen and oxygen atoms in total. The lowest BCUT2D eigenvalue weighted by Crippen LogP contribution is -2.64. The predicted molar refractivity (Wildman–Crippen MR) is 70.8 cm³/mol. The van der Waals surface area contributed by atoms with E-state index < -0.39 is 23.3 Å². The van der Waals surface area contributed by atoms with Gasteiger partial charge >= 0.3 is 6.03 Å². The molecule has 1 aromatic rings. The number of likely N-dealkylation sites (tertiary alicyclic amines) is 1. The van der Waals surface area contributed by atoms with Crippen LogP contribution >= 0.6 is 0 Å². The normalized spacial score (nSPS) is 25.6. The van der Waals surface area contributed by atoms with E-state index in [2.05, 4.69) is 10.6 Å². The summed E-state index contributed by atoms with van der Waals surface area (Å²) in [4.78, 5) is 37.9. The third-order valence-corrected chi connectivity index (χ3v) is 4.07. The van der Waals surface area contributed by atoms with E-state index in [9.17, 15) is 14.4 Å². The summed E-state index contributed by atoms with van der Waals surface area (Å²) in [5.74, 6) is -1.28. The Morgan fingerprint density at radius 2 is 1.70 bits per heavy atom. The summed E-state index contributed by atoms with van der Waals surface area (Å²) in [6.45, 7) is 0.899. The van der Waals surface area contributed by atoms with Crippen molar-refractivity contribution in [1.29, 1.82) is 0 Å². The molecule has 20 heavy (non-hydrogen) atoms. The van der Waals surface area contributed by atoms with Crippen LogP contribution in [0.4, 0.5) is 4.79 Å². The zero-order chi connectivity index (χ0) is 14.3. The predicted octanol–water partition coefficient (Wildman–Crippen LogP) is 0.0680. The van der Waals surface area contributed by atoms with Crippen molar-refractivity contribution in [2.75, 3.05) is 20.1 Å².